The van der Waals surface area contributed by atoms with E-state index in [1.54, 1.807) is 0 Å². The van der Waals surface area contributed by atoms with Crippen LogP contribution in [0.5, 0.6) is 0 Å². The summed E-state index contributed by atoms with van der Waals surface area (Å²) in [5.74, 6) is 0.512. The summed E-state index contributed by atoms with van der Waals surface area (Å²) in [7, 11) is 0. The number of aromatic nitrogens is 1. The van der Waals surface area contributed by atoms with Crippen molar-refractivity contribution in [2.45, 2.75) is 10.8 Å². The molecule has 0 saturated heterocycles. The molecule has 8 aromatic carbocycles. The fourth-order valence-corrected chi connectivity index (χ4v) is 10.3. The number of hydrogen-bond acceptors (Lipinski definition) is 2. The molecule has 11 rings (SSSR count). The van der Waals surface area contributed by atoms with Crippen LogP contribution >= 0.6 is 0 Å². The first-order valence-corrected chi connectivity index (χ1v) is 19.7. The first-order chi connectivity index (χ1) is 28.2. The summed E-state index contributed by atoms with van der Waals surface area (Å²) in [5, 5.41) is 0. The molecule has 2 aliphatic rings. The summed E-state index contributed by atoms with van der Waals surface area (Å²) < 4.78 is 0. The minimum Gasteiger partial charge on any atom is -0.383 e. The lowest BCUT2D eigenvalue weighted by Gasteiger charge is -2.34. The van der Waals surface area contributed by atoms with Gasteiger partial charge in [-0.2, -0.15) is 0 Å². The largest absolute Gasteiger partial charge is 0.383 e. The van der Waals surface area contributed by atoms with E-state index in [0.29, 0.717) is 5.82 Å². The van der Waals surface area contributed by atoms with Gasteiger partial charge in [0.05, 0.1) is 10.8 Å². The maximum Gasteiger partial charge on any atom is 0.131 e. The van der Waals surface area contributed by atoms with Gasteiger partial charge in [0, 0.05) is 17.3 Å². The average molecular weight is 727 g/mol. The summed E-state index contributed by atoms with van der Waals surface area (Å²) >= 11 is 0. The average Bonchev–Trinajstić information content (AvgIpc) is 3.77. The maximum atomic E-state index is 6.98. The molecule has 2 nitrogen and oxygen atoms in total. The number of fused-ring (bicyclic) bond motifs is 6. The molecule has 9 aromatic rings. The highest BCUT2D eigenvalue weighted by Gasteiger charge is 2.48. The molecule has 0 atom stereocenters. The van der Waals surface area contributed by atoms with Crippen molar-refractivity contribution in [3.63, 3.8) is 0 Å². The fraction of sp³-hybridized carbons (Fsp3) is 0.0364. The molecule has 57 heavy (non-hydrogen) atoms. The normalized spacial score (nSPS) is 14.0. The van der Waals surface area contributed by atoms with Crippen LogP contribution in [0, 0.1) is 0 Å². The molecule has 0 spiro atoms. The zero-order chi connectivity index (χ0) is 38.0. The molecule has 0 fully saturated rings. The summed E-state index contributed by atoms with van der Waals surface area (Å²) in [6.07, 6.45) is 1.96. The maximum absolute atomic E-state index is 6.98. The van der Waals surface area contributed by atoms with E-state index in [9.17, 15) is 0 Å². The monoisotopic (exact) mass is 726 g/mol. The van der Waals surface area contributed by atoms with Crippen molar-refractivity contribution < 1.29 is 0 Å². The topological polar surface area (TPSA) is 38.9 Å². The lowest BCUT2D eigenvalue weighted by atomic mass is 9.67. The van der Waals surface area contributed by atoms with Crippen LogP contribution in [0.15, 0.2) is 219 Å². The van der Waals surface area contributed by atoms with Crippen molar-refractivity contribution in [3.8, 4) is 44.5 Å². The highest BCUT2D eigenvalue weighted by molar-refractivity contribution is 6.00. The Kier molecular flexibility index (Phi) is 7.49. The number of anilines is 1. The van der Waals surface area contributed by atoms with E-state index in [0.717, 1.165) is 22.3 Å². The zero-order valence-corrected chi connectivity index (χ0v) is 31.3. The van der Waals surface area contributed by atoms with Crippen LogP contribution in [0.3, 0.4) is 0 Å². The van der Waals surface area contributed by atoms with Gasteiger partial charge in [-0.3, -0.25) is 0 Å². The first-order valence-electron chi connectivity index (χ1n) is 19.7. The Hall–Kier alpha value is -7.29. The van der Waals surface area contributed by atoms with Crippen LogP contribution in [-0.4, -0.2) is 4.98 Å². The van der Waals surface area contributed by atoms with Gasteiger partial charge in [0.15, 0.2) is 0 Å². The predicted molar refractivity (Wildman–Crippen MR) is 234 cm³/mol. The number of nitrogens with zero attached hydrogens (tertiary/aromatic N) is 1. The Morgan fingerprint density at radius 3 is 1.12 bits per heavy atom. The smallest absolute Gasteiger partial charge is 0.131 e. The van der Waals surface area contributed by atoms with Crippen molar-refractivity contribution in [2.24, 2.45) is 0 Å². The number of benzene rings is 8. The third-order valence-electron chi connectivity index (χ3n) is 12.5. The standard InChI is InChI=1S/C55H38N2/c56-53-46(43-30-18-34-50-52(43)45-28-14-16-32-48(45)55(50,40-23-9-3-10-24-40)41-25-11-4-12-26-41)35-37(36-57-53)42-29-17-33-49-51(42)44-27-13-15-31-47(44)54(49,38-19-5-1-6-20-38)39-21-7-2-8-22-39/h1-36H,(H2,56,57). The molecule has 2 aliphatic carbocycles. The van der Waals surface area contributed by atoms with Gasteiger partial charge >= 0.3 is 0 Å². The van der Waals surface area contributed by atoms with Crippen LogP contribution in [0.25, 0.3) is 44.5 Å². The Morgan fingerprint density at radius 1 is 0.316 bits per heavy atom. The van der Waals surface area contributed by atoms with Crippen LogP contribution in [0.1, 0.15) is 44.5 Å². The third kappa shape index (κ3) is 4.62. The summed E-state index contributed by atoms with van der Waals surface area (Å²) in [4.78, 5) is 4.98. The van der Waals surface area contributed by atoms with Crippen molar-refractivity contribution in [3.05, 3.63) is 263 Å². The van der Waals surface area contributed by atoms with E-state index in [1.807, 2.05) is 6.20 Å². The van der Waals surface area contributed by atoms with E-state index in [1.165, 1.54) is 66.8 Å². The molecular formula is C55H38N2. The molecule has 0 aliphatic heterocycles. The number of hydrogen-bond donors (Lipinski definition) is 1. The Morgan fingerprint density at radius 2 is 0.667 bits per heavy atom. The van der Waals surface area contributed by atoms with E-state index < -0.39 is 10.8 Å². The molecule has 268 valence electrons. The first kappa shape index (κ1) is 33.1. The minimum atomic E-state index is -0.508. The second-order valence-electron chi connectivity index (χ2n) is 15.2. The molecule has 0 radical (unpaired) electrons. The van der Waals surface area contributed by atoms with Gasteiger partial charge in [0.25, 0.3) is 0 Å². The lowest BCUT2D eigenvalue weighted by molar-refractivity contribution is 0.768. The molecule has 2 N–H and O–H groups in total. The van der Waals surface area contributed by atoms with Gasteiger partial charge < -0.3 is 5.73 Å². The molecule has 1 aromatic heterocycles. The predicted octanol–water partition coefficient (Wildman–Crippen LogP) is 12.7. The number of nitrogens with two attached hydrogens (primary N) is 1. The van der Waals surface area contributed by atoms with E-state index in [-0.39, 0.29) is 0 Å². The van der Waals surface area contributed by atoms with E-state index in [2.05, 4.69) is 212 Å². The van der Waals surface area contributed by atoms with Gasteiger partial charge in [-0.25, -0.2) is 4.98 Å². The van der Waals surface area contributed by atoms with Crippen LogP contribution in [0.4, 0.5) is 5.82 Å². The van der Waals surface area contributed by atoms with Crippen molar-refractivity contribution in [1.82, 2.24) is 4.98 Å². The van der Waals surface area contributed by atoms with Gasteiger partial charge in [-0.05, 0) is 84.0 Å². The fourth-order valence-electron chi connectivity index (χ4n) is 10.3. The molecule has 0 saturated carbocycles. The summed E-state index contributed by atoms with van der Waals surface area (Å²) in [6, 6.07) is 77.3. The highest BCUT2D eigenvalue weighted by Crippen LogP contribution is 2.60. The molecular weight excluding hydrogens is 689 g/mol. The quantitative estimate of drug-likeness (QED) is 0.185. The summed E-state index contributed by atoms with van der Waals surface area (Å²) in [5.41, 5.74) is 25.0. The van der Waals surface area contributed by atoms with Gasteiger partial charge in [-0.1, -0.05) is 206 Å². The van der Waals surface area contributed by atoms with Crippen LogP contribution in [-0.2, 0) is 10.8 Å². The van der Waals surface area contributed by atoms with Crippen LogP contribution in [0.2, 0.25) is 0 Å². The van der Waals surface area contributed by atoms with Gasteiger partial charge in [0.1, 0.15) is 5.82 Å². The van der Waals surface area contributed by atoms with E-state index in [4.69, 9.17) is 10.7 Å². The SMILES string of the molecule is Nc1ncc(-c2cccc3c2-c2ccccc2C3(c2ccccc2)c2ccccc2)cc1-c1cccc2c1-c1ccccc1C2(c1ccccc1)c1ccccc1. The van der Waals surface area contributed by atoms with E-state index >= 15 is 0 Å². The number of rotatable bonds is 6. The Labute approximate surface area is 333 Å². The lowest BCUT2D eigenvalue weighted by Crippen LogP contribution is -2.28. The second kappa shape index (κ2) is 12.9. The highest BCUT2D eigenvalue weighted by atomic mass is 14.8. The van der Waals surface area contributed by atoms with Crippen LogP contribution < -0.4 is 5.73 Å². The number of nitrogen functional groups attached to an aromatic ring is 1. The zero-order valence-electron chi connectivity index (χ0n) is 31.3. The molecule has 2 heteroatoms. The molecule has 0 unspecified atom stereocenters. The van der Waals surface area contributed by atoms with Gasteiger partial charge in [-0.15, -0.1) is 0 Å². The summed E-state index contributed by atoms with van der Waals surface area (Å²) in [6.45, 7) is 0. The molecule has 0 bridgehead atoms. The van der Waals surface area contributed by atoms with Crippen molar-refractivity contribution in [1.29, 1.82) is 0 Å². The van der Waals surface area contributed by atoms with Gasteiger partial charge in [0.2, 0.25) is 0 Å². The van der Waals surface area contributed by atoms with Crippen molar-refractivity contribution >= 4 is 5.82 Å². The molecule has 0 amide bonds. The Balaban J connectivity index is 1.16. The Bertz CT molecular complexity index is 2870. The van der Waals surface area contributed by atoms with Crippen molar-refractivity contribution in [2.75, 3.05) is 5.73 Å². The third-order valence-corrected chi connectivity index (χ3v) is 12.5. The molecule has 1 heterocycles. The minimum absolute atomic E-state index is 0.489. The number of pyridine rings is 1. The second-order valence-corrected chi connectivity index (χ2v) is 15.2.